The molecule has 0 unspecified atom stereocenters. The number of nitrogens with one attached hydrogen (secondary N) is 1. The van der Waals surface area contributed by atoms with E-state index in [1.165, 1.54) is 11.9 Å². The minimum absolute atomic E-state index is 0.0228. The van der Waals surface area contributed by atoms with Gasteiger partial charge in [0.05, 0.1) is 17.7 Å². The monoisotopic (exact) mass is 956 g/mol. The Kier molecular flexibility index (Phi) is 20.3. The molecule has 2 heterocycles. The van der Waals surface area contributed by atoms with E-state index in [-0.39, 0.29) is 99.4 Å². The van der Waals surface area contributed by atoms with Crippen molar-refractivity contribution < 1.29 is 43.0 Å². The van der Waals surface area contributed by atoms with Crippen LogP contribution in [0.1, 0.15) is 99.7 Å². The summed E-state index contributed by atoms with van der Waals surface area (Å²) in [6.07, 6.45) is 3.50. The maximum absolute atomic E-state index is 14.8. The van der Waals surface area contributed by atoms with Gasteiger partial charge in [-0.05, 0) is 84.6 Å². The van der Waals surface area contributed by atoms with Crippen LogP contribution < -0.4 is 36.7 Å². The number of nitrogens with two attached hydrogens (primary N) is 3. The Morgan fingerprint density at radius 2 is 1.56 bits per heavy atom. The number of unbranched alkanes of at least 4 members (excludes halogenated alkanes) is 3. The quantitative estimate of drug-likeness (QED) is 0.0595. The lowest BCUT2D eigenvalue weighted by molar-refractivity contribution is -0.142. The summed E-state index contributed by atoms with van der Waals surface area (Å²) in [6, 6.07) is 12.9. The normalized spacial score (nSPS) is 17.9. The summed E-state index contributed by atoms with van der Waals surface area (Å²) >= 11 is 6.62. The number of benzene rings is 3. The van der Waals surface area contributed by atoms with Gasteiger partial charge in [-0.1, -0.05) is 63.8 Å². The van der Waals surface area contributed by atoms with Gasteiger partial charge in [-0.3, -0.25) is 28.8 Å². The summed E-state index contributed by atoms with van der Waals surface area (Å²) in [7, 11) is 1.48. The van der Waals surface area contributed by atoms with Crippen LogP contribution in [0, 0.1) is 17.8 Å². The summed E-state index contributed by atoms with van der Waals surface area (Å²) in [5.41, 5.74) is 20.2. The molecular weight excluding hydrogens is 892 g/mol. The molecule has 3 aromatic carbocycles. The van der Waals surface area contributed by atoms with Crippen molar-refractivity contribution in [1.82, 2.24) is 10.2 Å². The SMILES string of the molecule is CCCCCCOc1ccc(C(=O)C[C@@H](CCN)C(=O)N(C)[C@@H]2C(=O)C[C@@H](C)C(=O)N[C@H](C(=O)C[C@@H](C)C(=O)C3=NN=NC3)Cc3ccc(OCCN)c(c3)-c3cc2ccc3OCCN)c(Cl)c1. The van der Waals surface area contributed by atoms with E-state index < -0.39 is 53.2 Å². The molecule has 2 aliphatic heterocycles. The summed E-state index contributed by atoms with van der Waals surface area (Å²) in [5, 5.41) is 14.1. The number of carbonyl (C=O) groups is 6. The fraction of sp³-hybridized carbons (Fsp3) is 0.500. The Morgan fingerprint density at radius 1 is 0.853 bits per heavy atom. The number of halogens is 1. The third kappa shape index (κ3) is 14.1. The first-order valence-electron chi connectivity index (χ1n) is 23.4. The van der Waals surface area contributed by atoms with Crippen molar-refractivity contribution in [1.29, 1.82) is 0 Å². The molecule has 0 saturated heterocycles. The largest absolute Gasteiger partial charge is 0.494 e. The van der Waals surface area contributed by atoms with Crippen molar-refractivity contribution in [2.75, 3.05) is 53.0 Å². The fourth-order valence-corrected chi connectivity index (χ4v) is 8.59. The van der Waals surface area contributed by atoms with E-state index in [0.29, 0.717) is 46.1 Å². The molecule has 0 spiro atoms. The molecule has 2 aliphatic rings. The predicted molar refractivity (Wildman–Crippen MR) is 259 cm³/mol. The number of hydrogen-bond acceptors (Lipinski definition) is 15. The maximum Gasteiger partial charge on any atom is 0.226 e. The van der Waals surface area contributed by atoms with Crippen LogP contribution in [0.25, 0.3) is 11.1 Å². The first-order chi connectivity index (χ1) is 32.7. The van der Waals surface area contributed by atoms with Crippen LogP contribution in [0.15, 0.2) is 70.0 Å². The molecule has 7 N–H and O–H groups in total. The highest BCUT2D eigenvalue weighted by Crippen LogP contribution is 2.41. The summed E-state index contributed by atoms with van der Waals surface area (Å²) in [5.74, 6) is -4.13. The molecule has 17 nitrogen and oxygen atoms in total. The molecular formula is C50H65ClN8O9. The van der Waals surface area contributed by atoms with E-state index >= 15 is 0 Å². The average Bonchev–Trinajstić information content (AvgIpc) is 3.87. The Bertz CT molecular complexity index is 2360. The molecule has 0 aromatic heterocycles. The molecule has 5 atom stereocenters. The second kappa shape index (κ2) is 26.0. The average molecular weight is 958 g/mol. The minimum atomic E-state index is -1.27. The zero-order valence-corrected chi connectivity index (χ0v) is 40.2. The van der Waals surface area contributed by atoms with Crippen molar-refractivity contribution in [3.05, 3.63) is 76.3 Å². The predicted octanol–water partition coefficient (Wildman–Crippen LogP) is 6.00. The van der Waals surface area contributed by atoms with E-state index in [1.807, 2.05) is 0 Å². The lowest BCUT2D eigenvalue weighted by Crippen LogP contribution is -2.46. The molecule has 0 fully saturated rings. The maximum atomic E-state index is 14.8. The third-order valence-corrected chi connectivity index (χ3v) is 12.3. The van der Waals surface area contributed by atoms with Gasteiger partial charge in [0.15, 0.2) is 23.1 Å². The van der Waals surface area contributed by atoms with E-state index in [4.69, 9.17) is 43.0 Å². The van der Waals surface area contributed by atoms with Gasteiger partial charge in [-0.15, -0.1) is 5.10 Å². The topological polar surface area (TPSA) is 261 Å². The van der Waals surface area contributed by atoms with Gasteiger partial charge in [0.1, 0.15) is 48.8 Å². The van der Waals surface area contributed by atoms with Crippen LogP contribution in [-0.2, 0) is 30.4 Å². The lowest BCUT2D eigenvalue weighted by atomic mass is 9.87. The number of nitrogens with zero attached hydrogens (tertiary/aromatic N) is 4. The molecule has 68 heavy (non-hydrogen) atoms. The summed E-state index contributed by atoms with van der Waals surface area (Å²) in [4.78, 5) is 86.0. The highest BCUT2D eigenvalue weighted by Gasteiger charge is 2.37. The Balaban J connectivity index is 1.53. The number of ether oxygens (including phenoxy) is 3. The van der Waals surface area contributed by atoms with Gasteiger partial charge in [-0.25, -0.2) is 0 Å². The van der Waals surface area contributed by atoms with Crippen molar-refractivity contribution in [3.8, 4) is 28.4 Å². The smallest absolute Gasteiger partial charge is 0.226 e. The first-order valence-corrected chi connectivity index (χ1v) is 23.8. The molecule has 0 aliphatic carbocycles. The molecule has 2 amide bonds. The molecule has 5 rings (SSSR count). The Hall–Kier alpha value is -5.88. The number of Topliss-reactive ketones (excluding diaryl/α,β-unsaturated/α-hetero) is 4. The van der Waals surface area contributed by atoms with Crippen LogP contribution >= 0.6 is 11.6 Å². The van der Waals surface area contributed by atoms with Crippen molar-refractivity contribution in [2.24, 2.45) is 50.4 Å². The number of likely N-dealkylation sites (N-methyl/N-ethyl adjacent to an activating group) is 1. The molecule has 3 aromatic rings. The number of ketones is 4. The third-order valence-electron chi connectivity index (χ3n) is 12.0. The number of hydrogen-bond donors (Lipinski definition) is 4. The molecule has 0 saturated carbocycles. The highest BCUT2D eigenvalue weighted by molar-refractivity contribution is 6.41. The number of fused-ring (bicyclic) bond motifs is 5. The van der Waals surface area contributed by atoms with Crippen LogP contribution in [0.5, 0.6) is 17.2 Å². The van der Waals surface area contributed by atoms with Crippen LogP contribution in [0.3, 0.4) is 0 Å². The zero-order chi connectivity index (χ0) is 49.3. The molecule has 366 valence electrons. The van der Waals surface area contributed by atoms with Crippen LogP contribution in [-0.4, -0.2) is 105 Å². The zero-order valence-electron chi connectivity index (χ0n) is 39.5. The van der Waals surface area contributed by atoms with E-state index in [1.54, 1.807) is 68.4 Å². The second-order valence-corrected chi connectivity index (χ2v) is 17.8. The fourth-order valence-electron chi connectivity index (χ4n) is 8.32. The minimum Gasteiger partial charge on any atom is -0.494 e. The standard InChI is InChI=1S/C50H65ClN8O9/c1-5-6-7-8-19-66-35-11-12-36(39(51)28-35)42(60)27-34(15-16-52)50(65)59(4)47-33-10-14-46(68-21-18-54)38(26-33)37-24-32(9-13-45(37)67-20-17-53)25-40(56-49(64)31(3)23-44(47)62)43(61)22-30(2)48(63)41-29-55-58-57-41/h9-14,24,26,28,30-31,34,40,47H,5-8,15-23,25,27,29,52-54H2,1-4H3,(H,56,64)/t30-,31-,34-,40+,47+/m1/s1. The Morgan fingerprint density at radius 3 is 2.21 bits per heavy atom. The van der Waals surface area contributed by atoms with Crippen LogP contribution in [0.4, 0.5) is 0 Å². The highest BCUT2D eigenvalue weighted by atomic mass is 35.5. The lowest BCUT2D eigenvalue weighted by Gasteiger charge is -2.32. The number of rotatable bonds is 24. The van der Waals surface area contributed by atoms with Crippen LogP contribution in [0.2, 0.25) is 5.02 Å². The van der Waals surface area contributed by atoms with Crippen molar-refractivity contribution in [3.63, 3.8) is 0 Å². The Labute approximate surface area is 402 Å². The van der Waals surface area contributed by atoms with E-state index in [2.05, 4.69) is 27.7 Å². The number of amides is 2. The van der Waals surface area contributed by atoms with Gasteiger partial charge in [0, 0.05) is 73.8 Å². The summed E-state index contributed by atoms with van der Waals surface area (Å²) < 4.78 is 18.2. The van der Waals surface area contributed by atoms with Crippen molar-refractivity contribution >= 4 is 52.3 Å². The van der Waals surface area contributed by atoms with Gasteiger partial charge in [0.2, 0.25) is 11.8 Å². The van der Waals surface area contributed by atoms with Gasteiger partial charge in [-0.2, -0.15) is 5.11 Å². The summed E-state index contributed by atoms with van der Waals surface area (Å²) in [6.45, 7) is 6.60. The first kappa shape index (κ1) is 53.1. The molecule has 0 radical (unpaired) electrons. The number of carbonyl (C=O) groups excluding carboxylic acids is 6. The van der Waals surface area contributed by atoms with Crippen molar-refractivity contribution in [2.45, 2.75) is 90.6 Å². The van der Waals surface area contributed by atoms with Gasteiger partial charge in [0.25, 0.3) is 0 Å². The van der Waals surface area contributed by atoms with Gasteiger partial charge >= 0.3 is 0 Å². The van der Waals surface area contributed by atoms with E-state index in [9.17, 15) is 28.8 Å². The van der Waals surface area contributed by atoms with Gasteiger partial charge < -0.3 is 41.6 Å². The molecule has 4 bridgehead atoms. The molecule has 18 heteroatoms. The second-order valence-electron chi connectivity index (χ2n) is 17.4. The van der Waals surface area contributed by atoms with E-state index in [0.717, 1.165) is 25.7 Å².